The van der Waals surface area contributed by atoms with Crippen LogP contribution in [-0.2, 0) is 0 Å². The predicted molar refractivity (Wildman–Crippen MR) is 88.7 cm³/mol. The fourth-order valence-corrected chi connectivity index (χ4v) is 16.6. The van der Waals surface area contributed by atoms with Crippen LogP contribution in [0.1, 0.15) is 11.1 Å². The van der Waals surface area contributed by atoms with Crippen LogP contribution in [0, 0.1) is 0 Å². The molecule has 3 heteroatoms. The van der Waals surface area contributed by atoms with Gasteiger partial charge in [-0.1, -0.05) is 0 Å². The predicted octanol–water partition coefficient (Wildman–Crippen LogP) is 2.81. The molecule has 0 bridgehead atoms. The summed E-state index contributed by atoms with van der Waals surface area (Å²) >= 11 is 1.65. The molecule has 0 spiro atoms. The molecule has 0 nitrogen and oxygen atoms in total. The third-order valence-electron chi connectivity index (χ3n) is 3.28. The number of rotatable bonds is 1. The van der Waals surface area contributed by atoms with Crippen molar-refractivity contribution < 1.29 is 0 Å². The Morgan fingerprint density at radius 2 is 1.26 bits per heavy atom. The van der Waals surface area contributed by atoms with Crippen LogP contribution in [0.5, 0.6) is 0 Å². The first-order valence-corrected chi connectivity index (χ1v) is 13.2. The van der Waals surface area contributed by atoms with Gasteiger partial charge in [-0.2, -0.15) is 0 Å². The van der Waals surface area contributed by atoms with E-state index in [1.165, 1.54) is 11.1 Å². The van der Waals surface area contributed by atoms with Crippen LogP contribution in [0.2, 0.25) is 0 Å². The SMILES string of the molecule is C1=Cc2csc[c]2[Bi]([c]2ccccc2)[c]2cscc21. The first-order chi connectivity index (χ1) is 9.43. The maximum absolute atomic E-state index is 2.39. The van der Waals surface area contributed by atoms with E-state index in [9.17, 15) is 0 Å². The van der Waals surface area contributed by atoms with Gasteiger partial charge in [-0.15, -0.1) is 0 Å². The molecule has 0 saturated heterocycles. The van der Waals surface area contributed by atoms with Gasteiger partial charge in [-0.3, -0.25) is 0 Å². The standard InChI is InChI=1S/C10H6S2.C6H5.Bi/c1(9-3-5-11-7-9)2-10-4-6-12-8-10;1-2-4-6-5-3-1;/h1-2,5-8H;1-5H;. The number of hydrogen-bond donors (Lipinski definition) is 0. The molecule has 3 aromatic rings. The van der Waals surface area contributed by atoms with Gasteiger partial charge in [0.25, 0.3) is 0 Å². The van der Waals surface area contributed by atoms with E-state index in [-0.39, 0.29) is 0 Å². The van der Waals surface area contributed by atoms with Gasteiger partial charge in [0, 0.05) is 0 Å². The average Bonchev–Trinajstić information content (AvgIpc) is 3.07. The Labute approximate surface area is 128 Å². The van der Waals surface area contributed by atoms with Crippen molar-refractivity contribution in [2.24, 2.45) is 0 Å². The summed E-state index contributed by atoms with van der Waals surface area (Å²) in [5.74, 6) is 0. The van der Waals surface area contributed by atoms with Crippen LogP contribution < -0.4 is 9.81 Å². The summed E-state index contributed by atoms with van der Waals surface area (Å²) < 4.78 is 4.86. The molecule has 0 saturated carbocycles. The molecule has 0 atom stereocenters. The third-order valence-corrected chi connectivity index (χ3v) is 16.2. The molecule has 0 radical (unpaired) electrons. The van der Waals surface area contributed by atoms with Gasteiger partial charge in [0.1, 0.15) is 0 Å². The summed E-state index contributed by atoms with van der Waals surface area (Å²) in [7, 11) is 0. The van der Waals surface area contributed by atoms with Crippen LogP contribution in [0.3, 0.4) is 0 Å². The molecule has 1 aliphatic heterocycles. The molecule has 4 rings (SSSR count). The molecule has 1 aromatic carbocycles. The quantitative estimate of drug-likeness (QED) is 0.371. The Kier molecular flexibility index (Phi) is 3.15. The van der Waals surface area contributed by atoms with E-state index >= 15 is 0 Å². The normalized spacial score (nSPS) is 13.9. The zero-order valence-electron chi connectivity index (χ0n) is 10.1. The second-order valence-electron chi connectivity index (χ2n) is 4.43. The zero-order chi connectivity index (χ0) is 12.7. The average molecular weight is 476 g/mol. The summed E-state index contributed by atoms with van der Waals surface area (Å²) in [6, 6.07) is 11.1. The summed E-state index contributed by atoms with van der Waals surface area (Å²) in [6.07, 6.45) is 4.60. The molecule has 2 aromatic heterocycles. The molecule has 0 unspecified atom stereocenters. The van der Waals surface area contributed by atoms with Crippen LogP contribution in [0.4, 0.5) is 0 Å². The van der Waals surface area contributed by atoms with E-state index in [2.05, 4.69) is 64.0 Å². The van der Waals surface area contributed by atoms with Crippen molar-refractivity contribution in [3.63, 3.8) is 0 Å². The van der Waals surface area contributed by atoms with Gasteiger partial charge in [0.15, 0.2) is 0 Å². The Morgan fingerprint density at radius 3 is 1.84 bits per heavy atom. The van der Waals surface area contributed by atoms with Gasteiger partial charge in [-0.25, -0.2) is 0 Å². The van der Waals surface area contributed by atoms with Crippen molar-refractivity contribution in [2.75, 3.05) is 0 Å². The zero-order valence-corrected chi connectivity index (χ0v) is 15.2. The van der Waals surface area contributed by atoms with E-state index in [1.54, 1.807) is 9.81 Å². The monoisotopic (exact) mass is 476 g/mol. The Balaban J connectivity index is 1.99. The van der Waals surface area contributed by atoms with Crippen molar-refractivity contribution in [1.29, 1.82) is 0 Å². The fraction of sp³-hybridized carbons (Fsp3) is 0. The van der Waals surface area contributed by atoms with E-state index in [4.69, 9.17) is 0 Å². The molecule has 3 heterocycles. The minimum absolute atomic E-state index is 1.45. The molecule has 0 amide bonds. The van der Waals surface area contributed by atoms with Crippen molar-refractivity contribution in [2.45, 2.75) is 0 Å². The molecular formula is C16H11BiS2. The van der Waals surface area contributed by atoms with Gasteiger partial charge in [-0.05, 0) is 0 Å². The Bertz CT molecular complexity index is 693. The molecule has 19 heavy (non-hydrogen) atoms. The number of benzene rings is 1. The molecule has 1 aliphatic rings. The maximum atomic E-state index is 2.39. The summed E-state index contributed by atoms with van der Waals surface area (Å²) in [4.78, 5) is 0. The summed E-state index contributed by atoms with van der Waals surface area (Å²) in [5.41, 5.74) is 2.90. The molecule has 92 valence electrons. The van der Waals surface area contributed by atoms with E-state index < -0.39 is 21.8 Å². The Morgan fingerprint density at radius 1 is 0.684 bits per heavy atom. The second-order valence-corrected chi connectivity index (χ2v) is 14.3. The van der Waals surface area contributed by atoms with Crippen LogP contribution in [-0.4, -0.2) is 21.8 Å². The first-order valence-electron chi connectivity index (χ1n) is 6.09. The number of hydrogen-bond acceptors (Lipinski definition) is 2. The topological polar surface area (TPSA) is 0 Å². The third kappa shape index (κ3) is 2.05. The van der Waals surface area contributed by atoms with Gasteiger partial charge < -0.3 is 0 Å². The van der Waals surface area contributed by atoms with Crippen molar-refractivity contribution in [3.05, 3.63) is 63.0 Å². The van der Waals surface area contributed by atoms with Gasteiger partial charge in [0.05, 0.1) is 0 Å². The number of thiophene rings is 2. The molecule has 0 aliphatic carbocycles. The van der Waals surface area contributed by atoms with Gasteiger partial charge in [0.2, 0.25) is 0 Å². The molecule has 0 N–H and O–H groups in total. The fourth-order valence-electron chi connectivity index (χ4n) is 2.38. The Hall–Kier alpha value is -0.757. The van der Waals surface area contributed by atoms with Gasteiger partial charge >= 0.3 is 129 Å². The van der Waals surface area contributed by atoms with Crippen molar-refractivity contribution in [1.82, 2.24) is 0 Å². The molecule has 0 fully saturated rings. The summed E-state index contributed by atoms with van der Waals surface area (Å²) in [6.45, 7) is 0. The molecular weight excluding hydrogens is 465 g/mol. The van der Waals surface area contributed by atoms with E-state index in [1.807, 2.05) is 22.7 Å². The minimum atomic E-state index is -2.04. The summed E-state index contributed by atoms with van der Waals surface area (Å²) in [5, 5.41) is 9.37. The van der Waals surface area contributed by atoms with Crippen LogP contribution in [0.15, 0.2) is 51.9 Å². The second kappa shape index (κ2) is 4.97. The van der Waals surface area contributed by atoms with E-state index in [0.717, 1.165) is 0 Å². The van der Waals surface area contributed by atoms with Crippen LogP contribution in [0.25, 0.3) is 12.2 Å². The van der Waals surface area contributed by atoms with Crippen molar-refractivity contribution in [3.8, 4) is 0 Å². The van der Waals surface area contributed by atoms with Crippen molar-refractivity contribution >= 4 is 66.4 Å². The first kappa shape index (κ1) is 12.0. The number of fused-ring (bicyclic) bond motifs is 2. The van der Waals surface area contributed by atoms with E-state index in [0.29, 0.717) is 0 Å². The van der Waals surface area contributed by atoms with Crippen LogP contribution >= 0.6 is 22.7 Å².